The Kier molecular flexibility index (Phi) is 16.6. The van der Waals surface area contributed by atoms with Crippen LogP contribution >= 0.6 is 0 Å². The number of rotatable bonds is 6. The van der Waals surface area contributed by atoms with Crippen molar-refractivity contribution in [1.82, 2.24) is 29.9 Å². The third-order valence-electron chi connectivity index (χ3n) is 8.28. The molecular weight excluding hydrogens is 722 g/mol. The molecule has 19 heteroatoms. The van der Waals surface area contributed by atoms with E-state index < -0.39 is 11.8 Å². The van der Waals surface area contributed by atoms with Crippen molar-refractivity contribution >= 4 is 41.2 Å². The Morgan fingerprint density at radius 1 is 0.709 bits per heavy atom. The number of carbonyl (C=O) groups excluding carboxylic acids is 3. The zero-order valence-corrected chi connectivity index (χ0v) is 30.6. The maximum Gasteiger partial charge on any atom is 0.409 e. The fourth-order valence-corrected chi connectivity index (χ4v) is 5.49. The Labute approximate surface area is 318 Å². The van der Waals surface area contributed by atoms with Gasteiger partial charge in [-0.2, -0.15) is 0 Å². The summed E-state index contributed by atoms with van der Waals surface area (Å²) in [6.07, 6.45) is -0.619. The molecule has 17 nitrogen and oxygen atoms in total. The molecule has 0 saturated carbocycles. The van der Waals surface area contributed by atoms with Crippen molar-refractivity contribution in [3.8, 4) is 0 Å². The van der Waals surface area contributed by atoms with E-state index in [-0.39, 0.29) is 42.6 Å². The number of anilines is 4. The molecule has 55 heavy (non-hydrogen) atoms. The summed E-state index contributed by atoms with van der Waals surface area (Å²) in [6, 6.07) is 12.0. The third kappa shape index (κ3) is 13.8. The fraction of sp³-hybridized carbons (Fsp3) is 0.417. The van der Waals surface area contributed by atoms with Crippen LogP contribution in [0.15, 0.2) is 57.6 Å². The number of benzene rings is 2. The van der Waals surface area contributed by atoms with Gasteiger partial charge in [-0.05, 0) is 49.2 Å². The van der Waals surface area contributed by atoms with E-state index in [0.29, 0.717) is 63.9 Å². The van der Waals surface area contributed by atoms with E-state index in [1.54, 1.807) is 60.0 Å². The molecule has 2 aromatic heterocycles. The van der Waals surface area contributed by atoms with Crippen LogP contribution in [-0.4, -0.2) is 115 Å². The molecular formula is C36H50F2N10O7. The number of hydrogen-bond acceptors (Lipinski definition) is 13. The number of urea groups is 1. The zero-order valence-electron chi connectivity index (χ0n) is 30.6. The van der Waals surface area contributed by atoms with Crippen molar-refractivity contribution in [3.05, 3.63) is 82.8 Å². The SMILES string of the molecule is C.COC(=O)N1CCN(Cc2ccc(F)c(N)c2)CC1.COC(=O)N1CCN(Cc2ccc(F)c(NC(=O)Nc3cc(C)on3)c2)CC1.Cc1cc(N)no1. The van der Waals surface area contributed by atoms with Gasteiger partial charge in [0.25, 0.3) is 0 Å². The van der Waals surface area contributed by atoms with Crippen molar-refractivity contribution in [1.29, 1.82) is 0 Å². The maximum absolute atomic E-state index is 14.1. The smallest absolute Gasteiger partial charge is 0.409 e. The lowest BCUT2D eigenvalue weighted by molar-refractivity contribution is 0.0884. The van der Waals surface area contributed by atoms with E-state index in [1.807, 2.05) is 0 Å². The molecule has 2 aliphatic rings. The normalized spacial score (nSPS) is 14.3. The van der Waals surface area contributed by atoms with Crippen molar-refractivity contribution in [2.75, 3.05) is 88.7 Å². The fourth-order valence-electron chi connectivity index (χ4n) is 5.49. The zero-order chi connectivity index (χ0) is 39.2. The highest BCUT2D eigenvalue weighted by atomic mass is 19.1. The predicted molar refractivity (Wildman–Crippen MR) is 202 cm³/mol. The molecule has 4 amide bonds. The molecule has 2 saturated heterocycles. The van der Waals surface area contributed by atoms with Crippen LogP contribution in [0.2, 0.25) is 0 Å². The van der Waals surface area contributed by atoms with E-state index in [1.165, 1.54) is 26.4 Å². The number of nitrogen functional groups attached to an aromatic ring is 2. The van der Waals surface area contributed by atoms with Crippen LogP contribution in [0.1, 0.15) is 30.1 Å². The second-order valence-electron chi connectivity index (χ2n) is 12.4. The van der Waals surface area contributed by atoms with Gasteiger partial charge in [-0.15, -0.1) is 0 Å². The molecule has 0 aliphatic carbocycles. The molecule has 0 unspecified atom stereocenters. The van der Waals surface area contributed by atoms with Gasteiger partial charge in [0.05, 0.1) is 25.6 Å². The predicted octanol–water partition coefficient (Wildman–Crippen LogP) is 5.14. The molecule has 0 radical (unpaired) electrons. The lowest BCUT2D eigenvalue weighted by atomic mass is 10.1. The van der Waals surface area contributed by atoms with Crippen LogP contribution < -0.4 is 22.1 Å². The van der Waals surface area contributed by atoms with E-state index in [2.05, 4.69) is 40.0 Å². The Hall–Kier alpha value is -5.95. The number of aryl methyl sites for hydroxylation is 2. The number of ether oxygens (including phenoxy) is 2. The van der Waals surface area contributed by atoms with Crippen LogP contribution in [0, 0.1) is 25.5 Å². The number of amides is 4. The minimum atomic E-state index is -0.615. The van der Waals surface area contributed by atoms with Gasteiger partial charge < -0.3 is 45.1 Å². The summed E-state index contributed by atoms with van der Waals surface area (Å²) in [5.41, 5.74) is 12.8. The van der Waals surface area contributed by atoms with Crippen molar-refractivity contribution in [3.63, 3.8) is 0 Å². The summed E-state index contributed by atoms with van der Waals surface area (Å²) in [7, 11) is 2.75. The van der Waals surface area contributed by atoms with Gasteiger partial charge >= 0.3 is 18.2 Å². The monoisotopic (exact) mass is 772 g/mol. The topological polar surface area (TPSA) is 211 Å². The number of piperazine rings is 2. The lowest BCUT2D eigenvalue weighted by Gasteiger charge is -2.33. The highest BCUT2D eigenvalue weighted by molar-refractivity contribution is 5.99. The van der Waals surface area contributed by atoms with E-state index in [0.717, 1.165) is 30.0 Å². The minimum Gasteiger partial charge on any atom is -0.453 e. The number of nitrogens with one attached hydrogen (secondary N) is 2. The van der Waals surface area contributed by atoms with Crippen LogP contribution in [0.25, 0.3) is 0 Å². The molecule has 4 aromatic rings. The van der Waals surface area contributed by atoms with Crippen LogP contribution in [0.3, 0.4) is 0 Å². The number of carbonyl (C=O) groups is 3. The van der Waals surface area contributed by atoms with Gasteiger partial charge in [-0.3, -0.25) is 15.1 Å². The molecule has 6 N–H and O–H groups in total. The molecule has 2 aliphatic heterocycles. The highest BCUT2D eigenvalue weighted by Gasteiger charge is 2.23. The van der Waals surface area contributed by atoms with Gasteiger partial charge in [0, 0.05) is 77.6 Å². The highest BCUT2D eigenvalue weighted by Crippen LogP contribution is 2.20. The number of nitrogens with two attached hydrogens (primary N) is 2. The third-order valence-corrected chi connectivity index (χ3v) is 8.28. The largest absolute Gasteiger partial charge is 0.453 e. The van der Waals surface area contributed by atoms with E-state index in [9.17, 15) is 23.2 Å². The van der Waals surface area contributed by atoms with Crippen molar-refractivity contribution in [2.45, 2.75) is 34.4 Å². The number of nitrogens with zero attached hydrogens (tertiary/aromatic N) is 6. The van der Waals surface area contributed by atoms with E-state index >= 15 is 0 Å². The first-order valence-electron chi connectivity index (χ1n) is 17.0. The number of aromatic nitrogens is 2. The van der Waals surface area contributed by atoms with Gasteiger partial charge in [-0.1, -0.05) is 29.9 Å². The first kappa shape index (κ1) is 43.5. The number of halogens is 2. The summed E-state index contributed by atoms with van der Waals surface area (Å²) < 4.78 is 46.0. The van der Waals surface area contributed by atoms with Crippen LogP contribution in [-0.2, 0) is 22.6 Å². The van der Waals surface area contributed by atoms with Crippen molar-refractivity contribution < 1.29 is 41.7 Å². The second kappa shape index (κ2) is 21.1. The van der Waals surface area contributed by atoms with Gasteiger partial charge in [-0.25, -0.2) is 23.2 Å². The second-order valence-corrected chi connectivity index (χ2v) is 12.4. The Morgan fingerprint density at radius 3 is 1.62 bits per heavy atom. The average molecular weight is 773 g/mol. The standard InChI is InChI=1S/C18H22FN5O4.C13H18FN3O2.C4H6N2O.CH4/c1-12-9-16(22-28-12)21-17(25)20-15-10-13(3-4-14(15)19)11-23-5-7-24(8-6-23)18(26)27-2;1-19-13(18)17-6-4-16(5-7-17)9-10-2-3-11(14)12(15)8-10;1-3-2-4(5)6-7-3;/h3-4,9-10H,5-8,11H2,1-2H3,(H2,20,21,22,25);2-3,8H,4-7,9,15H2,1H3;2H,1H3,(H2,5,6);1H4. The molecule has 0 bridgehead atoms. The maximum atomic E-state index is 14.1. The average Bonchev–Trinajstić information content (AvgIpc) is 3.76. The molecule has 4 heterocycles. The summed E-state index contributed by atoms with van der Waals surface area (Å²) in [6.45, 7) is 10.1. The first-order valence-corrected chi connectivity index (χ1v) is 17.0. The Balaban J connectivity index is 0.000000258. The molecule has 0 spiro atoms. The Bertz CT molecular complexity index is 1820. The van der Waals surface area contributed by atoms with Crippen LogP contribution in [0.4, 0.5) is 46.2 Å². The van der Waals surface area contributed by atoms with E-state index in [4.69, 9.17) is 20.7 Å². The van der Waals surface area contributed by atoms with Gasteiger partial charge in [0.1, 0.15) is 23.2 Å². The summed E-state index contributed by atoms with van der Waals surface area (Å²) in [4.78, 5) is 42.6. The molecule has 2 aromatic carbocycles. The lowest BCUT2D eigenvalue weighted by Crippen LogP contribution is -2.48. The summed E-state index contributed by atoms with van der Waals surface area (Å²) >= 11 is 0. The minimum absolute atomic E-state index is 0. The molecule has 2 fully saturated rings. The van der Waals surface area contributed by atoms with Crippen molar-refractivity contribution in [2.24, 2.45) is 0 Å². The van der Waals surface area contributed by atoms with Gasteiger partial charge in [0.2, 0.25) is 0 Å². The number of hydrogen-bond donors (Lipinski definition) is 4. The molecule has 6 rings (SSSR count). The molecule has 300 valence electrons. The Morgan fingerprint density at radius 2 is 1.20 bits per heavy atom. The molecule has 0 atom stereocenters. The number of methoxy groups -OCH3 is 2. The quantitative estimate of drug-likeness (QED) is 0.187. The summed E-state index contributed by atoms with van der Waals surface area (Å²) in [5, 5.41) is 12.0. The van der Waals surface area contributed by atoms with Gasteiger partial charge in [0.15, 0.2) is 11.6 Å². The summed E-state index contributed by atoms with van der Waals surface area (Å²) in [5.74, 6) is 1.06. The van der Waals surface area contributed by atoms with Crippen LogP contribution in [0.5, 0.6) is 0 Å². The first-order chi connectivity index (χ1) is 25.8.